The second-order valence-corrected chi connectivity index (χ2v) is 12.2. The number of amides is 1. The topological polar surface area (TPSA) is 93.2 Å². The summed E-state index contributed by atoms with van der Waals surface area (Å²) in [5.41, 5.74) is 12.8. The number of hydrogen-bond acceptors (Lipinski definition) is 6. The summed E-state index contributed by atoms with van der Waals surface area (Å²) in [5, 5.41) is 1.30. The summed E-state index contributed by atoms with van der Waals surface area (Å²) in [6.07, 6.45) is 9.18. The molecule has 2 aliphatic heterocycles. The van der Waals surface area contributed by atoms with Crippen LogP contribution in [0.25, 0.3) is 22.3 Å². The van der Waals surface area contributed by atoms with E-state index >= 15 is 0 Å². The van der Waals surface area contributed by atoms with Gasteiger partial charge in [-0.25, -0.2) is 9.97 Å². The summed E-state index contributed by atoms with van der Waals surface area (Å²) in [6.45, 7) is 4.99. The zero-order chi connectivity index (χ0) is 29.9. The largest absolute Gasteiger partial charge is 0.368 e. The van der Waals surface area contributed by atoms with Gasteiger partial charge >= 0.3 is 0 Å². The molecule has 2 aromatic carbocycles. The average Bonchev–Trinajstić information content (AvgIpc) is 3.40. The highest BCUT2D eigenvalue weighted by atomic mass is 16.2. The summed E-state index contributed by atoms with van der Waals surface area (Å²) < 4.78 is 2.45. The van der Waals surface area contributed by atoms with Gasteiger partial charge in [0.05, 0.1) is 11.4 Å². The van der Waals surface area contributed by atoms with Crippen LogP contribution < -0.4 is 5.73 Å². The van der Waals surface area contributed by atoms with Crippen LogP contribution in [0.1, 0.15) is 48.3 Å². The standard InChI is InChI=1S/C36H39N7O/c37-36-39-22-27(23-40-36)24-41-18-13-29(14-19-41)35(44)42-20-15-28(16-21-42)33-30-10-4-5-12-32(30)43(25-26-8-2-1-3-9-26)34(33)31-11-6-7-17-38-31/h1-12,17,22-23,28-29H,13-16,18-21,24-25H2,(H2,37,39,40). The molecule has 7 rings (SSSR count). The third-order valence-electron chi connectivity index (χ3n) is 9.38. The Balaban J connectivity index is 1.08. The molecule has 0 spiro atoms. The van der Waals surface area contributed by atoms with Crippen molar-refractivity contribution in [2.45, 2.75) is 44.7 Å². The van der Waals surface area contributed by atoms with Gasteiger partial charge in [-0.3, -0.25) is 14.7 Å². The molecule has 0 radical (unpaired) electrons. The van der Waals surface area contributed by atoms with Crippen molar-refractivity contribution in [1.82, 2.24) is 29.3 Å². The Hall–Kier alpha value is -4.56. The van der Waals surface area contributed by atoms with Gasteiger partial charge in [-0.1, -0.05) is 54.6 Å². The molecule has 2 fully saturated rings. The van der Waals surface area contributed by atoms with E-state index in [-0.39, 0.29) is 5.92 Å². The lowest BCUT2D eigenvalue weighted by molar-refractivity contribution is -0.138. The highest BCUT2D eigenvalue weighted by Crippen LogP contribution is 2.42. The maximum absolute atomic E-state index is 13.7. The van der Waals surface area contributed by atoms with Crippen LogP contribution in [0.3, 0.4) is 0 Å². The fraction of sp³-hybridized carbons (Fsp3) is 0.333. The van der Waals surface area contributed by atoms with Crippen LogP contribution in [0.5, 0.6) is 0 Å². The van der Waals surface area contributed by atoms with Crippen LogP contribution in [0.2, 0.25) is 0 Å². The first-order chi connectivity index (χ1) is 21.6. The van der Waals surface area contributed by atoms with Gasteiger partial charge in [0.2, 0.25) is 11.9 Å². The molecule has 0 atom stereocenters. The number of anilines is 1. The van der Waals surface area contributed by atoms with Crippen LogP contribution in [0.15, 0.2) is 91.4 Å². The number of hydrogen-bond donors (Lipinski definition) is 1. The molecule has 8 nitrogen and oxygen atoms in total. The first kappa shape index (κ1) is 28.2. The third kappa shape index (κ3) is 5.82. The van der Waals surface area contributed by atoms with Gasteiger partial charge in [0.15, 0.2) is 0 Å². The number of nitrogens with zero attached hydrogens (tertiary/aromatic N) is 6. The first-order valence-electron chi connectivity index (χ1n) is 15.8. The Labute approximate surface area is 258 Å². The Morgan fingerprint density at radius 3 is 2.18 bits per heavy atom. The van der Waals surface area contributed by atoms with E-state index in [0.717, 1.165) is 76.2 Å². The van der Waals surface area contributed by atoms with Gasteiger partial charge in [0.1, 0.15) is 0 Å². The maximum Gasteiger partial charge on any atom is 0.225 e. The second-order valence-electron chi connectivity index (χ2n) is 12.2. The fourth-order valence-electron chi connectivity index (χ4n) is 7.14. The number of carbonyl (C=O) groups is 1. The van der Waals surface area contributed by atoms with E-state index in [1.54, 1.807) is 12.4 Å². The van der Waals surface area contributed by atoms with Crippen molar-refractivity contribution in [3.05, 3.63) is 108 Å². The summed E-state index contributed by atoms with van der Waals surface area (Å²) in [5.74, 6) is 1.09. The predicted molar refractivity (Wildman–Crippen MR) is 174 cm³/mol. The Morgan fingerprint density at radius 2 is 1.45 bits per heavy atom. The molecule has 0 bridgehead atoms. The number of nitrogens with two attached hydrogens (primary N) is 1. The Bertz CT molecular complexity index is 1700. The highest BCUT2D eigenvalue weighted by Gasteiger charge is 2.33. The lowest BCUT2D eigenvalue weighted by Crippen LogP contribution is -2.45. The number of nitrogen functional groups attached to an aromatic ring is 1. The molecule has 2 N–H and O–H groups in total. The van der Waals surface area contributed by atoms with Gasteiger partial charge < -0.3 is 15.2 Å². The molecule has 224 valence electrons. The average molecular weight is 586 g/mol. The molecule has 44 heavy (non-hydrogen) atoms. The molecule has 0 saturated carbocycles. The van der Waals surface area contributed by atoms with Crippen molar-refractivity contribution in [2.75, 3.05) is 31.9 Å². The first-order valence-corrected chi connectivity index (χ1v) is 15.8. The Kier molecular flexibility index (Phi) is 8.07. The van der Waals surface area contributed by atoms with Crippen molar-refractivity contribution < 1.29 is 4.79 Å². The van der Waals surface area contributed by atoms with E-state index in [1.165, 1.54) is 27.7 Å². The normalized spacial score (nSPS) is 16.9. The van der Waals surface area contributed by atoms with Crippen molar-refractivity contribution in [3.63, 3.8) is 0 Å². The van der Waals surface area contributed by atoms with Crippen LogP contribution >= 0.6 is 0 Å². The van der Waals surface area contributed by atoms with Crippen LogP contribution in [0.4, 0.5) is 5.95 Å². The zero-order valence-corrected chi connectivity index (χ0v) is 25.1. The van der Waals surface area contributed by atoms with E-state index in [1.807, 2.05) is 12.3 Å². The van der Waals surface area contributed by atoms with E-state index in [9.17, 15) is 4.79 Å². The molecule has 5 heterocycles. The number of aromatic nitrogens is 4. The number of piperidine rings is 2. The minimum absolute atomic E-state index is 0.0994. The summed E-state index contributed by atoms with van der Waals surface area (Å²) in [6, 6.07) is 25.6. The van der Waals surface area contributed by atoms with Crippen molar-refractivity contribution in [1.29, 1.82) is 0 Å². The molecular formula is C36H39N7O. The number of fused-ring (bicyclic) bond motifs is 1. The van der Waals surface area contributed by atoms with Gasteiger partial charge in [-0.05, 0) is 74.0 Å². The SMILES string of the molecule is Nc1ncc(CN2CCC(C(=O)N3CCC(c4c(-c5ccccn5)n(Cc5ccccc5)c5ccccc45)CC3)CC2)cn1. The van der Waals surface area contributed by atoms with Crippen molar-refractivity contribution >= 4 is 22.8 Å². The summed E-state index contributed by atoms with van der Waals surface area (Å²) in [7, 11) is 0. The molecule has 5 aromatic rings. The molecule has 2 saturated heterocycles. The molecule has 1 amide bonds. The molecule has 0 aliphatic carbocycles. The van der Waals surface area contributed by atoms with Crippen molar-refractivity contribution in [2.24, 2.45) is 5.92 Å². The Morgan fingerprint density at radius 1 is 0.750 bits per heavy atom. The van der Waals surface area contributed by atoms with E-state index in [4.69, 9.17) is 10.7 Å². The van der Waals surface area contributed by atoms with E-state index in [2.05, 4.69) is 91.1 Å². The van der Waals surface area contributed by atoms with E-state index < -0.39 is 0 Å². The maximum atomic E-state index is 13.7. The quantitative estimate of drug-likeness (QED) is 0.262. The minimum atomic E-state index is 0.0994. The predicted octanol–water partition coefficient (Wildman–Crippen LogP) is 5.74. The highest BCUT2D eigenvalue weighted by molar-refractivity contribution is 5.92. The fourth-order valence-corrected chi connectivity index (χ4v) is 7.14. The molecule has 0 unspecified atom stereocenters. The number of likely N-dealkylation sites (tertiary alicyclic amines) is 2. The number of benzene rings is 2. The van der Waals surface area contributed by atoms with Crippen LogP contribution in [0, 0.1) is 5.92 Å². The molecule has 2 aliphatic rings. The third-order valence-corrected chi connectivity index (χ3v) is 9.38. The number of carbonyl (C=O) groups excluding carboxylic acids is 1. The minimum Gasteiger partial charge on any atom is -0.368 e. The lowest BCUT2D eigenvalue weighted by atomic mass is 9.85. The number of pyridine rings is 1. The second kappa shape index (κ2) is 12.6. The van der Waals surface area contributed by atoms with E-state index in [0.29, 0.717) is 17.8 Å². The number of para-hydroxylation sites is 1. The number of rotatable bonds is 7. The molecular weight excluding hydrogens is 546 g/mol. The van der Waals surface area contributed by atoms with Crippen LogP contribution in [-0.4, -0.2) is 61.4 Å². The monoisotopic (exact) mass is 585 g/mol. The van der Waals surface area contributed by atoms with Gasteiger partial charge in [0.25, 0.3) is 0 Å². The van der Waals surface area contributed by atoms with Gasteiger partial charge in [-0.15, -0.1) is 0 Å². The van der Waals surface area contributed by atoms with Gasteiger partial charge in [0, 0.05) is 67.2 Å². The molecule has 8 heteroatoms. The smallest absolute Gasteiger partial charge is 0.225 e. The zero-order valence-electron chi connectivity index (χ0n) is 25.1. The summed E-state index contributed by atoms with van der Waals surface area (Å²) in [4.78, 5) is 31.2. The molecule has 3 aromatic heterocycles. The van der Waals surface area contributed by atoms with Crippen molar-refractivity contribution in [3.8, 4) is 11.4 Å². The van der Waals surface area contributed by atoms with Gasteiger partial charge in [-0.2, -0.15) is 0 Å². The van der Waals surface area contributed by atoms with Crippen LogP contribution in [-0.2, 0) is 17.9 Å². The summed E-state index contributed by atoms with van der Waals surface area (Å²) >= 11 is 0. The lowest BCUT2D eigenvalue weighted by Gasteiger charge is -2.37.